The van der Waals surface area contributed by atoms with Crippen molar-refractivity contribution in [2.45, 2.75) is 193 Å². The third kappa shape index (κ3) is 53.5. The Morgan fingerprint density at radius 3 is 0.729 bits per heavy atom. The molecule has 70 heavy (non-hydrogen) atoms. The minimum atomic E-state index is -4.24. The molecular weight excluding hydrogens is 901 g/mol. The molecule has 0 rings (SSSR count). The topological polar surface area (TPSA) is 323 Å². The van der Waals surface area contributed by atoms with Gasteiger partial charge in [-0.05, 0) is 64.0 Å². The highest BCUT2D eigenvalue weighted by atomic mass is 16.3. The highest BCUT2D eigenvalue weighted by Crippen LogP contribution is 1.94. The summed E-state index contributed by atoms with van der Waals surface area (Å²) < 4.78 is 387. The molecule has 0 bridgehead atoms. The van der Waals surface area contributed by atoms with E-state index >= 15 is 0 Å². The minimum absolute atomic E-state index is 0.00285. The van der Waals surface area contributed by atoms with Gasteiger partial charge in [0.25, 0.3) is 0 Å². The molecule has 0 aliphatic heterocycles. The Kier molecular flexibility index (Phi) is 21.9. The number of rotatable bonds is 45. The van der Waals surface area contributed by atoms with Gasteiger partial charge in [-0.15, -0.1) is 0 Å². The van der Waals surface area contributed by atoms with Crippen LogP contribution in [-0.4, -0.2) is 242 Å². The molecule has 0 radical (unpaired) electrons. The van der Waals surface area contributed by atoms with Gasteiger partial charge in [0.2, 0.25) is 0 Å². The lowest BCUT2D eigenvalue weighted by Crippen LogP contribution is -2.40. The van der Waals surface area contributed by atoms with Crippen LogP contribution in [0.3, 0.4) is 0 Å². The molecule has 430 valence electrons. The van der Waals surface area contributed by atoms with E-state index in [0.29, 0.717) is 38.8 Å². The first-order chi connectivity index (χ1) is 52.8. The number of aliphatic hydroxyl groups excluding tert-OH is 2. The monoisotopic (exact) mass is 1070 g/mol. The van der Waals surface area contributed by atoms with E-state index in [9.17, 15) is 40.9 Å². The summed E-state index contributed by atoms with van der Waals surface area (Å²) in [7, 11) is 0. The van der Waals surface area contributed by atoms with Crippen LogP contribution in [0.4, 0.5) is 0 Å². The van der Waals surface area contributed by atoms with Crippen LogP contribution in [0.15, 0.2) is 0 Å². The van der Waals surface area contributed by atoms with Crippen LogP contribution in [0, 0.1) is 0 Å². The van der Waals surface area contributed by atoms with E-state index in [1.54, 1.807) is 38.3 Å². The summed E-state index contributed by atoms with van der Waals surface area (Å²) >= 11 is 0. The van der Waals surface area contributed by atoms with E-state index in [4.69, 9.17) is 81.5 Å². The Labute approximate surface area is 501 Å². The standard InChI is InChI=1S/5C10H24N2O2/c5*1-3-9(7-13)11-5-6-12-10(4-2)8-14/h5*9-14H,3-8H2,1-2H3/t5*9-,10-/m11000/s1/i1D3,2D3,3D2,4D2,5D2,6D2,7D2,8D2,9D,10D;1D3,2D3,3D2,4D2,7D2,8D2,9D,10D;5D2,6D2,7D2,8D2;7D2,8D2;5D2,6D2. The molecule has 0 aliphatic rings. The van der Waals surface area contributed by atoms with E-state index in [2.05, 4.69) is 31.9 Å². The second-order valence-electron chi connectivity index (χ2n) is 12.7. The van der Waals surface area contributed by atoms with E-state index in [1.165, 1.54) is 13.8 Å². The largest absolute Gasteiger partial charge is 0.395 e. The molecule has 20 nitrogen and oxygen atoms in total. The van der Waals surface area contributed by atoms with Gasteiger partial charge in [0.05, 0.1) is 87.6 Å². The van der Waals surface area contributed by atoms with Gasteiger partial charge >= 0.3 is 0 Å². The Hall–Kier alpha value is -0.800. The van der Waals surface area contributed by atoms with Crippen molar-refractivity contribution < 1.29 is 122 Å². The van der Waals surface area contributed by atoms with Gasteiger partial charge in [0.1, 0.15) is 0 Å². The zero-order chi connectivity index (χ0) is 100. The average Bonchev–Trinajstić information content (AvgIpc) is 0.702. The number of hydrogen-bond donors (Lipinski definition) is 20. The highest BCUT2D eigenvalue weighted by molar-refractivity contribution is 4.71. The third-order valence-electron chi connectivity index (χ3n) is 7.87. The van der Waals surface area contributed by atoms with E-state index < -0.39 is 218 Å². The van der Waals surface area contributed by atoms with Crippen molar-refractivity contribution >= 4 is 0 Å². The summed E-state index contributed by atoms with van der Waals surface area (Å²) in [6.45, 7) is -51.2. The molecule has 0 aromatic carbocycles. The van der Waals surface area contributed by atoms with E-state index in [0.717, 1.165) is 10.6 Å². The predicted molar refractivity (Wildman–Crippen MR) is 292 cm³/mol. The first kappa shape index (κ1) is 23.8. The van der Waals surface area contributed by atoms with Crippen LogP contribution in [0.2, 0.25) is 0 Å². The molecule has 0 aromatic heterocycles. The van der Waals surface area contributed by atoms with Crippen LogP contribution in [0.25, 0.3) is 0 Å². The lowest BCUT2D eigenvalue weighted by atomic mass is 10.2. The normalized spacial score (nSPS) is 32.6. The Bertz CT molecular complexity index is 2830. The highest BCUT2D eigenvalue weighted by Gasteiger charge is 2.09. The first-order valence-electron chi connectivity index (χ1n) is 47.5. The molecular formula is C50H120N10O10. The summed E-state index contributed by atoms with van der Waals surface area (Å²) in [5, 5.41) is 114. The maximum absolute atomic E-state index is 9.67. The van der Waals surface area contributed by atoms with E-state index in [1.807, 2.05) is 0 Å². The number of nitrogens with one attached hydrogen (secondary N) is 10. The van der Waals surface area contributed by atoms with Gasteiger partial charge in [0, 0.05) is 175 Å². The lowest BCUT2D eigenvalue weighted by Gasteiger charge is -2.17. The van der Waals surface area contributed by atoms with Crippen molar-refractivity contribution in [3.8, 4) is 0 Å². The fourth-order valence-electron chi connectivity index (χ4n) is 3.54. The molecule has 10 atom stereocenters. The van der Waals surface area contributed by atoms with Crippen LogP contribution >= 0.6 is 0 Å². The summed E-state index contributed by atoms with van der Waals surface area (Å²) in [6, 6.07) is -20.6. The lowest BCUT2D eigenvalue weighted by molar-refractivity contribution is 0.229. The molecule has 0 saturated carbocycles. The van der Waals surface area contributed by atoms with Gasteiger partial charge in [-0.25, -0.2) is 0 Å². The molecule has 20 heteroatoms. The van der Waals surface area contributed by atoms with Gasteiger partial charge in [0.15, 0.2) is 0 Å². The molecule has 0 fully saturated rings. The Morgan fingerprint density at radius 2 is 0.514 bits per heavy atom. The summed E-state index contributed by atoms with van der Waals surface area (Å²) in [5.74, 6) is 0. The second kappa shape index (κ2) is 64.3. The summed E-state index contributed by atoms with van der Waals surface area (Å²) in [5.41, 5.74) is 0. The van der Waals surface area contributed by atoms with Crippen LogP contribution in [-0.2, 0) is 0 Å². The van der Waals surface area contributed by atoms with Crippen molar-refractivity contribution in [3.63, 3.8) is 0 Å². The maximum Gasteiger partial charge on any atom is 0.0584 e. The molecule has 0 aliphatic carbocycles. The number of aliphatic hydroxyl groups is 10. The SMILES string of the molecule is [2H]C([2H])(N[C@@H](CC)CO)C([2H])([2H])N[C@@H](CC)CO.[2H]C([2H])(O)[C@H](CC)NC([2H])([2H])C([2H])([2H])N[C@@H](CC)C([2H])([2H])O.[2H]C([2H])(O)[C@H](CC)NCCN[C@@H](CC)C([2H])([2H])O.[2H]C([2H])([2H])C([2H])([2H])[C@@]([2H])(NC([2H])([2H])C([2H])([2H])N[C@@]([2H])(C([2H])([2H])O)C([2H])([2H])C([2H])([2H])[2H])C([2H])([2H])O.[2H]C([2H])([2H])C([2H])([2H])[C@@]([2H])(NCCN[C@@]([2H])(C([2H])([2H])O)C([2H])([2H])C([2H])([2H])[2H])C([2H])([2H])O. The third-order valence-corrected chi connectivity index (χ3v) is 7.87. The van der Waals surface area contributed by atoms with Gasteiger partial charge in [-0.2, -0.15) is 0 Å². The fraction of sp³-hybridized carbons (Fsp3) is 1.00. The summed E-state index contributed by atoms with van der Waals surface area (Å²) in [6.07, 6.45) is -13.8. The smallest absolute Gasteiger partial charge is 0.0584 e. The molecule has 0 unspecified atom stereocenters. The van der Waals surface area contributed by atoms with Crippen molar-refractivity contribution in [1.82, 2.24) is 53.2 Å². The fourth-order valence-corrected chi connectivity index (χ4v) is 3.54. The number of hydrogen-bond acceptors (Lipinski definition) is 20. The quantitative estimate of drug-likeness (QED) is 0.0310. The molecule has 0 amide bonds. The van der Waals surface area contributed by atoms with Crippen molar-refractivity contribution in [2.75, 3.05) is 131 Å². The molecule has 20 N–H and O–H groups in total. The second-order valence-corrected chi connectivity index (χ2v) is 12.7. The zero-order valence-corrected chi connectivity index (χ0v) is 40.4. The van der Waals surface area contributed by atoms with Crippen molar-refractivity contribution in [1.29, 1.82) is 0 Å². The van der Waals surface area contributed by atoms with Gasteiger partial charge in [-0.1, -0.05) is 68.9 Å². The van der Waals surface area contributed by atoms with Crippen LogP contribution < -0.4 is 53.2 Å². The Morgan fingerprint density at radius 1 is 0.300 bits per heavy atom. The zero-order valence-electron chi connectivity index (χ0n) is 92.4. The van der Waals surface area contributed by atoms with Crippen LogP contribution in [0.1, 0.15) is 204 Å². The van der Waals surface area contributed by atoms with Gasteiger partial charge < -0.3 is 104 Å². The van der Waals surface area contributed by atoms with E-state index in [-0.39, 0.29) is 26.1 Å². The minimum Gasteiger partial charge on any atom is -0.395 e. The Balaban J connectivity index is -0.000000479. The maximum atomic E-state index is 9.67. The van der Waals surface area contributed by atoms with Crippen LogP contribution in [0.5, 0.6) is 0 Å². The van der Waals surface area contributed by atoms with Gasteiger partial charge in [-0.3, -0.25) is 0 Å². The summed E-state index contributed by atoms with van der Waals surface area (Å²) in [4.78, 5) is 0. The molecule has 0 spiro atoms. The first-order valence-corrected chi connectivity index (χ1v) is 21.5. The molecule has 0 heterocycles. The average molecular weight is 1070 g/mol. The molecule has 0 aromatic rings. The van der Waals surface area contributed by atoms with Crippen molar-refractivity contribution in [2.24, 2.45) is 0 Å². The molecule has 0 saturated heterocycles. The predicted octanol–water partition coefficient (Wildman–Crippen LogP) is -1.46. The van der Waals surface area contributed by atoms with Crippen molar-refractivity contribution in [3.05, 3.63) is 0 Å².